The van der Waals surface area contributed by atoms with Crippen LogP contribution in [0.3, 0.4) is 0 Å². The summed E-state index contributed by atoms with van der Waals surface area (Å²) in [6.45, 7) is 3.49. The van der Waals surface area contributed by atoms with E-state index in [1.54, 1.807) is 22.1 Å². The van der Waals surface area contributed by atoms with Crippen molar-refractivity contribution in [1.82, 2.24) is 4.98 Å². The lowest BCUT2D eigenvalue weighted by Gasteiger charge is -2.28. The fourth-order valence-electron chi connectivity index (χ4n) is 2.04. The molecule has 1 aromatic heterocycles. The highest BCUT2D eigenvalue weighted by atomic mass is 33.5. The Morgan fingerprint density at radius 1 is 1.33 bits per heavy atom. The monoisotopic (exact) mass is 316 g/mol. The zero-order valence-corrected chi connectivity index (χ0v) is 12.9. The summed E-state index contributed by atoms with van der Waals surface area (Å²) in [5, 5.41) is 0. The van der Waals surface area contributed by atoms with Crippen molar-refractivity contribution in [3.05, 3.63) is 18.2 Å². The second kappa shape index (κ2) is 5.92. The van der Waals surface area contributed by atoms with E-state index in [2.05, 4.69) is 34.8 Å². The molecule has 2 aromatic rings. The molecule has 0 radical (unpaired) electrons. The lowest BCUT2D eigenvalue weighted by molar-refractivity contribution is 0.123. The Bertz CT molecular complexity index is 539. The fraction of sp³-hybridized carbons (Fsp3) is 0.364. The first-order valence-electron chi connectivity index (χ1n) is 5.59. The van der Waals surface area contributed by atoms with Gasteiger partial charge in [-0.25, -0.2) is 4.98 Å². The quantitative estimate of drug-likeness (QED) is 0.687. The second-order valence-electron chi connectivity index (χ2n) is 3.86. The highest BCUT2D eigenvalue weighted by molar-refractivity contribution is 9.05. The summed E-state index contributed by atoms with van der Waals surface area (Å²) in [6.07, 6.45) is 0. The summed E-state index contributed by atoms with van der Waals surface area (Å²) in [5.74, 6) is 0. The minimum atomic E-state index is 0.800. The van der Waals surface area contributed by atoms with Gasteiger partial charge in [-0.3, -0.25) is 0 Å². The molecule has 7 heteroatoms. The zero-order valence-electron chi connectivity index (χ0n) is 9.54. The Balaban J connectivity index is 1.99. The molecule has 0 bridgehead atoms. The van der Waals surface area contributed by atoms with E-state index in [1.165, 1.54) is 20.2 Å². The van der Waals surface area contributed by atoms with E-state index < -0.39 is 0 Å². The van der Waals surface area contributed by atoms with E-state index >= 15 is 0 Å². The highest BCUT2D eigenvalue weighted by Crippen LogP contribution is 2.40. The van der Waals surface area contributed by atoms with Crippen molar-refractivity contribution in [2.45, 2.75) is 4.34 Å². The standard InChI is InChI=1S/C11H12N2OS4/c15-18-17-11-12-10-8(2-1-3-9(10)16-11)13-4-6-14-7-5-13/h1-3,15H,4-7H2. The molecule has 1 saturated heterocycles. The van der Waals surface area contributed by atoms with Crippen molar-refractivity contribution in [1.29, 1.82) is 0 Å². The molecular formula is C11H12N2OS4. The summed E-state index contributed by atoms with van der Waals surface area (Å²) >= 11 is 5.88. The maximum atomic E-state index is 5.40. The number of thiol groups is 1. The fourth-order valence-corrected chi connectivity index (χ4v) is 5.36. The van der Waals surface area contributed by atoms with Crippen LogP contribution in [0.2, 0.25) is 0 Å². The summed E-state index contributed by atoms with van der Waals surface area (Å²) in [5.41, 5.74) is 2.33. The van der Waals surface area contributed by atoms with Crippen LogP contribution in [0.1, 0.15) is 0 Å². The van der Waals surface area contributed by atoms with Crippen LogP contribution < -0.4 is 4.90 Å². The molecular weight excluding hydrogens is 304 g/mol. The number of benzene rings is 1. The first kappa shape index (κ1) is 12.9. The lowest BCUT2D eigenvalue weighted by Crippen LogP contribution is -2.36. The normalized spacial score (nSPS) is 16.4. The van der Waals surface area contributed by atoms with Crippen LogP contribution in [-0.4, -0.2) is 31.3 Å². The number of ether oxygens (including phenoxy) is 1. The van der Waals surface area contributed by atoms with Crippen molar-refractivity contribution < 1.29 is 4.74 Å². The minimum Gasteiger partial charge on any atom is -0.378 e. The van der Waals surface area contributed by atoms with Gasteiger partial charge in [-0.05, 0) is 32.8 Å². The van der Waals surface area contributed by atoms with Gasteiger partial charge in [0.15, 0.2) is 4.34 Å². The van der Waals surface area contributed by atoms with Crippen molar-refractivity contribution >= 4 is 59.5 Å². The van der Waals surface area contributed by atoms with Crippen molar-refractivity contribution in [3.63, 3.8) is 0 Å². The van der Waals surface area contributed by atoms with Gasteiger partial charge in [-0.2, -0.15) is 0 Å². The van der Waals surface area contributed by atoms with Gasteiger partial charge >= 0.3 is 0 Å². The zero-order chi connectivity index (χ0) is 12.4. The molecule has 1 aromatic carbocycles. The highest BCUT2D eigenvalue weighted by Gasteiger charge is 2.16. The van der Waals surface area contributed by atoms with Crippen molar-refractivity contribution in [2.24, 2.45) is 0 Å². The lowest BCUT2D eigenvalue weighted by atomic mass is 10.2. The van der Waals surface area contributed by atoms with E-state index in [0.29, 0.717) is 0 Å². The van der Waals surface area contributed by atoms with Crippen molar-refractivity contribution in [3.8, 4) is 0 Å². The minimum absolute atomic E-state index is 0.800. The average Bonchev–Trinajstić information content (AvgIpc) is 2.82. The molecule has 0 spiro atoms. The number of morpholine rings is 1. The van der Waals surface area contributed by atoms with Gasteiger partial charge in [0.2, 0.25) is 0 Å². The van der Waals surface area contributed by atoms with Crippen molar-refractivity contribution in [2.75, 3.05) is 31.2 Å². The molecule has 96 valence electrons. The van der Waals surface area contributed by atoms with Crippen LogP contribution >= 0.6 is 43.6 Å². The van der Waals surface area contributed by atoms with Crippen LogP contribution in [0.15, 0.2) is 22.5 Å². The maximum absolute atomic E-state index is 5.40. The van der Waals surface area contributed by atoms with Gasteiger partial charge in [0.05, 0.1) is 23.6 Å². The molecule has 0 atom stereocenters. The number of fused-ring (bicyclic) bond motifs is 1. The number of para-hydroxylation sites is 1. The molecule has 1 aliphatic rings. The van der Waals surface area contributed by atoms with E-state index in [4.69, 9.17) is 9.72 Å². The maximum Gasteiger partial charge on any atom is 0.162 e. The van der Waals surface area contributed by atoms with E-state index in [0.717, 1.165) is 36.2 Å². The van der Waals surface area contributed by atoms with Gasteiger partial charge in [-0.15, -0.1) is 11.3 Å². The number of rotatable bonds is 3. The molecule has 0 unspecified atom stereocenters. The Labute approximate surface area is 123 Å². The third kappa shape index (κ3) is 2.60. The summed E-state index contributed by atoms with van der Waals surface area (Å²) in [6, 6.07) is 6.38. The summed E-state index contributed by atoms with van der Waals surface area (Å²) in [4.78, 5) is 7.06. The van der Waals surface area contributed by atoms with E-state index in [-0.39, 0.29) is 0 Å². The van der Waals surface area contributed by atoms with Gasteiger partial charge in [0.25, 0.3) is 0 Å². The first-order chi connectivity index (χ1) is 8.88. The SMILES string of the molecule is SSSc1nc2c(N3CCOCC3)cccc2s1. The Morgan fingerprint density at radius 3 is 2.94 bits per heavy atom. The molecule has 3 rings (SSSR count). The molecule has 1 fully saturated rings. The van der Waals surface area contributed by atoms with E-state index in [1.807, 2.05) is 0 Å². The van der Waals surface area contributed by atoms with Crippen LogP contribution in [-0.2, 0) is 4.74 Å². The third-order valence-corrected chi connectivity index (χ3v) is 6.15. The molecule has 0 N–H and O–H groups in total. The molecule has 0 aliphatic carbocycles. The third-order valence-electron chi connectivity index (χ3n) is 2.84. The number of nitrogens with zero attached hydrogens (tertiary/aromatic N) is 2. The largest absolute Gasteiger partial charge is 0.378 e. The molecule has 0 saturated carbocycles. The number of aromatic nitrogens is 1. The number of hydrogen-bond acceptors (Lipinski definition) is 7. The summed E-state index contributed by atoms with van der Waals surface area (Å²) < 4.78 is 7.70. The molecule has 0 amide bonds. The molecule has 1 aliphatic heterocycles. The summed E-state index contributed by atoms with van der Waals surface area (Å²) in [7, 11) is 3.04. The van der Waals surface area contributed by atoms with Crippen LogP contribution in [0.5, 0.6) is 0 Å². The number of hydrogen-bond donors (Lipinski definition) is 1. The molecule has 2 heterocycles. The van der Waals surface area contributed by atoms with Crippen LogP contribution in [0.4, 0.5) is 5.69 Å². The Kier molecular flexibility index (Phi) is 4.25. The second-order valence-corrected chi connectivity index (χ2v) is 8.14. The predicted octanol–water partition coefficient (Wildman–Crippen LogP) is 3.72. The van der Waals surface area contributed by atoms with E-state index in [9.17, 15) is 0 Å². The van der Waals surface area contributed by atoms with Crippen LogP contribution in [0.25, 0.3) is 10.2 Å². The van der Waals surface area contributed by atoms with Gasteiger partial charge in [0, 0.05) is 13.1 Å². The number of anilines is 1. The molecule has 18 heavy (non-hydrogen) atoms. The van der Waals surface area contributed by atoms with Gasteiger partial charge < -0.3 is 9.64 Å². The van der Waals surface area contributed by atoms with Gasteiger partial charge in [-0.1, -0.05) is 17.7 Å². The van der Waals surface area contributed by atoms with Crippen LogP contribution in [0, 0.1) is 0 Å². The average molecular weight is 316 g/mol. The first-order valence-corrected chi connectivity index (χ1v) is 9.60. The predicted molar refractivity (Wildman–Crippen MR) is 85.1 cm³/mol. The number of thiazole rings is 1. The van der Waals surface area contributed by atoms with Gasteiger partial charge in [0.1, 0.15) is 5.52 Å². The smallest absolute Gasteiger partial charge is 0.162 e. The molecule has 3 nitrogen and oxygen atoms in total. The Hall–Kier alpha value is -0.0800. The Morgan fingerprint density at radius 2 is 2.17 bits per heavy atom. The topological polar surface area (TPSA) is 25.4 Å².